The number of hydrogen-bond donors (Lipinski definition) is 1. The third-order valence-electron chi connectivity index (χ3n) is 6.49. The first kappa shape index (κ1) is 13.8. The van der Waals surface area contributed by atoms with Gasteiger partial charge in [0.2, 0.25) is 0 Å². The molecule has 4 aliphatic carbocycles. The van der Waals surface area contributed by atoms with Gasteiger partial charge in [0.05, 0.1) is 6.10 Å². The van der Waals surface area contributed by atoms with Crippen molar-refractivity contribution in [2.75, 3.05) is 0 Å². The second-order valence-electron chi connectivity index (χ2n) is 8.26. The summed E-state index contributed by atoms with van der Waals surface area (Å²) in [6, 6.07) is 2.07. The van der Waals surface area contributed by atoms with Gasteiger partial charge in [0.15, 0.2) is 0 Å². The standard InChI is InChI=1S/C18H28N2O/c1-20-16(4-5-19-20)2-3-17(21)12-18-9-13-6-14(10-18)8-15(7-13)11-18/h4-5,13-15,17,21H,2-3,6-12H2,1H3. The lowest BCUT2D eigenvalue weighted by molar-refractivity contribution is -0.0765. The van der Waals surface area contributed by atoms with Gasteiger partial charge in [0.1, 0.15) is 0 Å². The Morgan fingerprint density at radius 2 is 1.86 bits per heavy atom. The fourth-order valence-corrected chi connectivity index (χ4v) is 6.10. The van der Waals surface area contributed by atoms with Crippen molar-refractivity contribution in [2.45, 2.75) is 63.9 Å². The summed E-state index contributed by atoms with van der Waals surface area (Å²) in [6.07, 6.45) is 13.3. The van der Waals surface area contributed by atoms with Crippen LogP contribution in [0.15, 0.2) is 12.3 Å². The molecule has 1 heterocycles. The number of aliphatic hydroxyl groups is 1. The van der Waals surface area contributed by atoms with Gasteiger partial charge in [0, 0.05) is 18.9 Å². The molecular weight excluding hydrogens is 260 g/mol. The molecule has 0 aromatic carbocycles. The van der Waals surface area contributed by atoms with Crippen molar-refractivity contribution in [1.82, 2.24) is 9.78 Å². The third-order valence-corrected chi connectivity index (χ3v) is 6.49. The Bertz CT molecular complexity index is 472. The van der Waals surface area contributed by atoms with Crippen LogP contribution < -0.4 is 0 Å². The van der Waals surface area contributed by atoms with Crippen molar-refractivity contribution in [2.24, 2.45) is 30.2 Å². The fourth-order valence-electron chi connectivity index (χ4n) is 6.10. The number of hydrogen-bond acceptors (Lipinski definition) is 2. The van der Waals surface area contributed by atoms with Crippen molar-refractivity contribution >= 4 is 0 Å². The van der Waals surface area contributed by atoms with Crippen LogP contribution in [0, 0.1) is 23.2 Å². The number of nitrogens with zero attached hydrogens (tertiary/aromatic N) is 2. The Morgan fingerprint density at radius 3 is 2.38 bits per heavy atom. The molecule has 1 unspecified atom stereocenters. The predicted octanol–water partition coefficient (Wildman–Crippen LogP) is 3.32. The molecular formula is C18H28N2O. The average Bonchev–Trinajstić information content (AvgIpc) is 2.79. The lowest BCUT2D eigenvalue weighted by Crippen LogP contribution is -2.47. The highest BCUT2D eigenvalue weighted by Gasteiger charge is 2.51. The first-order chi connectivity index (χ1) is 10.1. The summed E-state index contributed by atoms with van der Waals surface area (Å²) in [5, 5.41) is 14.8. The maximum absolute atomic E-state index is 10.6. The summed E-state index contributed by atoms with van der Waals surface area (Å²) in [4.78, 5) is 0. The van der Waals surface area contributed by atoms with E-state index in [9.17, 15) is 5.11 Å². The Balaban J connectivity index is 1.36. The molecule has 4 aliphatic rings. The van der Waals surface area contributed by atoms with Crippen molar-refractivity contribution in [3.8, 4) is 0 Å². The molecule has 1 N–H and O–H groups in total. The van der Waals surface area contributed by atoms with Crippen LogP contribution in [0.1, 0.15) is 57.1 Å². The Hall–Kier alpha value is -0.830. The molecule has 4 saturated carbocycles. The minimum Gasteiger partial charge on any atom is -0.393 e. The van der Waals surface area contributed by atoms with Crippen LogP contribution in [0.3, 0.4) is 0 Å². The zero-order chi connectivity index (χ0) is 14.4. The highest BCUT2D eigenvalue weighted by atomic mass is 16.3. The van der Waals surface area contributed by atoms with Crippen molar-refractivity contribution in [1.29, 1.82) is 0 Å². The average molecular weight is 288 g/mol. The number of aliphatic hydroxyl groups excluding tert-OH is 1. The van der Waals surface area contributed by atoms with Crippen LogP contribution >= 0.6 is 0 Å². The molecule has 4 bridgehead atoms. The SMILES string of the molecule is Cn1nccc1CCC(O)CC12CC3CC(CC(C3)C1)C2. The molecule has 3 heteroatoms. The molecule has 1 aromatic rings. The Morgan fingerprint density at radius 1 is 1.24 bits per heavy atom. The monoisotopic (exact) mass is 288 g/mol. The predicted molar refractivity (Wildman–Crippen MR) is 82.8 cm³/mol. The van der Waals surface area contributed by atoms with Crippen molar-refractivity contribution < 1.29 is 5.11 Å². The van der Waals surface area contributed by atoms with Crippen LogP contribution in [-0.4, -0.2) is 21.0 Å². The number of aryl methyl sites for hydroxylation is 2. The lowest BCUT2D eigenvalue weighted by Gasteiger charge is -2.57. The van der Waals surface area contributed by atoms with Gasteiger partial charge in [-0.25, -0.2) is 0 Å². The quantitative estimate of drug-likeness (QED) is 0.902. The molecule has 1 atom stereocenters. The lowest BCUT2D eigenvalue weighted by atomic mass is 9.48. The summed E-state index contributed by atoms with van der Waals surface area (Å²) in [5.74, 6) is 2.96. The van der Waals surface area contributed by atoms with Gasteiger partial charge in [0.25, 0.3) is 0 Å². The zero-order valence-electron chi connectivity index (χ0n) is 13.2. The van der Waals surface area contributed by atoms with E-state index >= 15 is 0 Å². The van der Waals surface area contributed by atoms with Gasteiger partial charge in [-0.1, -0.05) is 0 Å². The van der Waals surface area contributed by atoms with Gasteiger partial charge in [-0.2, -0.15) is 5.10 Å². The zero-order valence-corrected chi connectivity index (χ0v) is 13.2. The number of rotatable bonds is 5. The third kappa shape index (κ3) is 2.65. The van der Waals surface area contributed by atoms with Crippen LogP contribution in [0.25, 0.3) is 0 Å². The first-order valence-electron chi connectivity index (χ1n) is 8.77. The topological polar surface area (TPSA) is 38.0 Å². The van der Waals surface area contributed by atoms with Crippen LogP contribution in [0.4, 0.5) is 0 Å². The summed E-state index contributed by atoms with van der Waals surface area (Å²) in [7, 11) is 1.99. The van der Waals surface area contributed by atoms with Crippen LogP contribution in [-0.2, 0) is 13.5 Å². The molecule has 5 rings (SSSR count). The molecule has 4 fully saturated rings. The molecule has 0 aliphatic heterocycles. The van der Waals surface area contributed by atoms with Crippen molar-refractivity contribution in [3.63, 3.8) is 0 Å². The minimum atomic E-state index is -0.129. The van der Waals surface area contributed by atoms with Gasteiger partial charge in [-0.3, -0.25) is 4.68 Å². The van der Waals surface area contributed by atoms with E-state index in [2.05, 4.69) is 11.2 Å². The molecule has 0 amide bonds. The number of aromatic nitrogens is 2. The molecule has 0 radical (unpaired) electrons. The summed E-state index contributed by atoms with van der Waals surface area (Å²) >= 11 is 0. The normalized spacial score (nSPS) is 38.9. The van der Waals surface area contributed by atoms with E-state index in [-0.39, 0.29) is 6.10 Å². The molecule has 0 saturated heterocycles. The van der Waals surface area contributed by atoms with Crippen LogP contribution in [0.2, 0.25) is 0 Å². The maximum atomic E-state index is 10.6. The van der Waals surface area contributed by atoms with Gasteiger partial charge < -0.3 is 5.11 Å². The highest BCUT2D eigenvalue weighted by molar-refractivity contribution is 5.03. The summed E-state index contributed by atoms with van der Waals surface area (Å²) < 4.78 is 1.93. The van der Waals surface area contributed by atoms with Gasteiger partial charge in [-0.15, -0.1) is 0 Å². The summed E-state index contributed by atoms with van der Waals surface area (Å²) in [6.45, 7) is 0. The van der Waals surface area contributed by atoms with Crippen LogP contribution in [0.5, 0.6) is 0 Å². The maximum Gasteiger partial charge on any atom is 0.0549 e. The van der Waals surface area contributed by atoms with E-state index in [1.807, 2.05) is 17.9 Å². The van der Waals surface area contributed by atoms with E-state index in [4.69, 9.17) is 0 Å². The van der Waals surface area contributed by atoms with Gasteiger partial charge >= 0.3 is 0 Å². The highest BCUT2D eigenvalue weighted by Crippen LogP contribution is 2.61. The molecule has 21 heavy (non-hydrogen) atoms. The largest absolute Gasteiger partial charge is 0.393 e. The van der Waals surface area contributed by atoms with E-state index in [0.717, 1.165) is 37.0 Å². The second kappa shape index (κ2) is 5.12. The molecule has 1 aromatic heterocycles. The molecule has 3 nitrogen and oxygen atoms in total. The van der Waals surface area contributed by atoms with E-state index < -0.39 is 0 Å². The van der Waals surface area contributed by atoms with E-state index in [0.29, 0.717) is 5.41 Å². The van der Waals surface area contributed by atoms with E-state index in [1.54, 1.807) is 0 Å². The first-order valence-corrected chi connectivity index (χ1v) is 8.77. The Kier molecular flexibility index (Phi) is 3.36. The van der Waals surface area contributed by atoms with Gasteiger partial charge in [-0.05, 0) is 87.0 Å². The molecule has 116 valence electrons. The second-order valence-corrected chi connectivity index (χ2v) is 8.26. The minimum absolute atomic E-state index is 0.129. The van der Waals surface area contributed by atoms with E-state index in [1.165, 1.54) is 44.2 Å². The fraction of sp³-hybridized carbons (Fsp3) is 0.833. The smallest absolute Gasteiger partial charge is 0.0549 e. The van der Waals surface area contributed by atoms with Crippen molar-refractivity contribution in [3.05, 3.63) is 18.0 Å². The molecule has 0 spiro atoms. The Labute approximate surface area is 127 Å². The summed E-state index contributed by atoms with van der Waals surface area (Å²) in [5.41, 5.74) is 1.74.